The first-order chi connectivity index (χ1) is 13.6. The number of nitrogens with zero attached hydrogens (tertiary/aromatic N) is 1. The Labute approximate surface area is 165 Å². The van der Waals surface area contributed by atoms with Gasteiger partial charge in [0.1, 0.15) is 5.75 Å². The Morgan fingerprint density at radius 3 is 2.46 bits per heavy atom. The van der Waals surface area contributed by atoms with Gasteiger partial charge in [0.15, 0.2) is 0 Å². The molecule has 3 aromatic rings. The van der Waals surface area contributed by atoms with Gasteiger partial charge in [-0.25, -0.2) is 0 Å². The van der Waals surface area contributed by atoms with Gasteiger partial charge in [0.2, 0.25) is 0 Å². The SMILES string of the molecule is COc1ccc(-c2c(C3CCCCC3)c3ccc(CC(=O)O)cc3n2C)cc1. The van der Waals surface area contributed by atoms with E-state index in [2.05, 4.69) is 29.8 Å². The maximum atomic E-state index is 11.2. The topological polar surface area (TPSA) is 51.5 Å². The molecule has 0 amide bonds. The number of aromatic nitrogens is 1. The highest BCUT2D eigenvalue weighted by Crippen LogP contribution is 2.44. The standard InChI is InChI=1S/C24H27NO3/c1-25-21-14-16(15-22(26)27)8-13-20(21)23(17-6-4-3-5-7-17)24(25)18-9-11-19(28-2)12-10-18/h8-14,17H,3-7,15H2,1-2H3,(H,26,27). The van der Waals surface area contributed by atoms with Crippen molar-refractivity contribution in [2.75, 3.05) is 7.11 Å². The van der Waals surface area contributed by atoms with Crippen molar-refractivity contribution in [3.63, 3.8) is 0 Å². The van der Waals surface area contributed by atoms with E-state index in [9.17, 15) is 9.90 Å². The summed E-state index contributed by atoms with van der Waals surface area (Å²) < 4.78 is 7.57. The molecular weight excluding hydrogens is 350 g/mol. The third-order valence-corrected chi connectivity index (χ3v) is 6.04. The normalized spacial score (nSPS) is 15.1. The molecule has 0 spiro atoms. The molecule has 0 aliphatic heterocycles. The summed E-state index contributed by atoms with van der Waals surface area (Å²) in [5.41, 5.74) is 5.81. The van der Waals surface area contributed by atoms with Gasteiger partial charge < -0.3 is 14.4 Å². The number of carboxylic acids is 1. The number of methoxy groups -OCH3 is 1. The molecule has 0 atom stereocenters. The third kappa shape index (κ3) is 3.39. The van der Waals surface area contributed by atoms with E-state index in [4.69, 9.17) is 4.74 Å². The number of carboxylic acid groups (broad SMARTS) is 1. The van der Waals surface area contributed by atoms with Crippen molar-refractivity contribution < 1.29 is 14.6 Å². The van der Waals surface area contributed by atoms with Crippen LogP contribution in [-0.4, -0.2) is 22.8 Å². The van der Waals surface area contributed by atoms with Gasteiger partial charge in [-0.2, -0.15) is 0 Å². The molecule has 4 nitrogen and oxygen atoms in total. The molecule has 0 unspecified atom stereocenters. The Hall–Kier alpha value is -2.75. The van der Waals surface area contributed by atoms with Crippen molar-refractivity contribution >= 4 is 16.9 Å². The van der Waals surface area contributed by atoms with Gasteiger partial charge in [-0.3, -0.25) is 4.79 Å². The first kappa shape index (κ1) is 18.6. The van der Waals surface area contributed by atoms with Crippen molar-refractivity contribution in [2.24, 2.45) is 7.05 Å². The molecular formula is C24H27NO3. The van der Waals surface area contributed by atoms with Crippen LogP contribution >= 0.6 is 0 Å². The lowest BCUT2D eigenvalue weighted by atomic mass is 9.81. The van der Waals surface area contributed by atoms with Gasteiger partial charge in [0.05, 0.1) is 19.2 Å². The summed E-state index contributed by atoms with van der Waals surface area (Å²) in [7, 11) is 3.78. The first-order valence-corrected chi connectivity index (χ1v) is 10.1. The smallest absolute Gasteiger partial charge is 0.307 e. The number of ether oxygens (including phenoxy) is 1. The largest absolute Gasteiger partial charge is 0.497 e. The molecule has 0 saturated heterocycles. The fourth-order valence-electron chi connectivity index (χ4n) is 4.70. The molecule has 1 aliphatic carbocycles. The average molecular weight is 377 g/mol. The van der Waals surface area contributed by atoms with Crippen LogP contribution in [0.1, 0.15) is 49.1 Å². The van der Waals surface area contributed by atoms with Crippen molar-refractivity contribution in [3.05, 3.63) is 53.6 Å². The Morgan fingerprint density at radius 1 is 1.11 bits per heavy atom. The molecule has 4 heteroatoms. The number of hydrogen-bond donors (Lipinski definition) is 1. The number of hydrogen-bond acceptors (Lipinski definition) is 2. The lowest BCUT2D eigenvalue weighted by Crippen LogP contribution is -2.06. The molecule has 2 aromatic carbocycles. The fourth-order valence-corrected chi connectivity index (χ4v) is 4.70. The summed E-state index contributed by atoms with van der Waals surface area (Å²) in [5, 5.41) is 10.4. The number of carbonyl (C=O) groups is 1. The second-order valence-corrected chi connectivity index (χ2v) is 7.81. The Kier molecular flexibility index (Phi) is 5.12. The molecule has 0 radical (unpaired) electrons. The van der Waals surface area contributed by atoms with Gasteiger partial charge in [0, 0.05) is 18.0 Å². The molecule has 1 aliphatic rings. The van der Waals surface area contributed by atoms with E-state index in [1.807, 2.05) is 24.3 Å². The maximum absolute atomic E-state index is 11.2. The van der Waals surface area contributed by atoms with Crippen molar-refractivity contribution in [2.45, 2.75) is 44.4 Å². The number of rotatable bonds is 5. The van der Waals surface area contributed by atoms with Crippen LogP contribution in [0.4, 0.5) is 0 Å². The number of aliphatic carboxylic acids is 1. The zero-order chi connectivity index (χ0) is 19.7. The van der Waals surface area contributed by atoms with Crippen LogP contribution < -0.4 is 4.74 Å². The van der Waals surface area contributed by atoms with Crippen LogP contribution in [0.25, 0.3) is 22.2 Å². The molecule has 0 bridgehead atoms. The van der Waals surface area contributed by atoms with E-state index in [0.717, 1.165) is 16.8 Å². The number of benzene rings is 2. The van der Waals surface area contributed by atoms with E-state index in [1.54, 1.807) is 7.11 Å². The predicted octanol–water partition coefficient (Wildman–Crippen LogP) is 5.53. The number of fused-ring (bicyclic) bond motifs is 1. The molecule has 1 heterocycles. The summed E-state index contributed by atoms with van der Waals surface area (Å²) >= 11 is 0. The Morgan fingerprint density at radius 2 is 1.82 bits per heavy atom. The summed E-state index contributed by atoms with van der Waals surface area (Å²) in [5.74, 6) is 0.613. The lowest BCUT2D eigenvalue weighted by molar-refractivity contribution is -0.136. The zero-order valence-corrected chi connectivity index (χ0v) is 16.6. The van der Waals surface area contributed by atoms with E-state index < -0.39 is 5.97 Å². The maximum Gasteiger partial charge on any atom is 0.307 e. The molecule has 1 aromatic heterocycles. The van der Waals surface area contributed by atoms with Crippen molar-refractivity contribution in [3.8, 4) is 17.0 Å². The molecule has 1 saturated carbocycles. The minimum Gasteiger partial charge on any atom is -0.497 e. The average Bonchev–Trinajstić information content (AvgIpc) is 3.00. The summed E-state index contributed by atoms with van der Waals surface area (Å²) in [6.07, 6.45) is 6.37. The summed E-state index contributed by atoms with van der Waals surface area (Å²) in [4.78, 5) is 11.2. The highest BCUT2D eigenvalue weighted by atomic mass is 16.5. The van der Waals surface area contributed by atoms with Gasteiger partial charge in [-0.15, -0.1) is 0 Å². The van der Waals surface area contributed by atoms with Crippen LogP contribution in [0.15, 0.2) is 42.5 Å². The van der Waals surface area contributed by atoms with Crippen molar-refractivity contribution in [1.29, 1.82) is 0 Å². The monoisotopic (exact) mass is 377 g/mol. The van der Waals surface area contributed by atoms with Crippen LogP contribution in [-0.2, 0) is 18.3 Å². The van der Waals surface area contributed by atoms with Gasteiger partial charge in [0.25, 0.3) is 0 Å². The molecule has 1 fully saturated rings. The Balaban J connectivity index is 1.91. The predicted molar refractivity (Wildman–Crippen MR) is 112 cm³/mol. The minimum atomic E-state index is -0.795. The molecule has 28 heavy (non-hydrogen) atoms. The van der Waals surface area contributed by atoms with Crippen LogP contribution in [0.5, 0.6) is 5.75 Å². The molecule has 146 valence electrons. The minimum absolute atomic E-state index is 0.0533. The highest BCUT2D eigenvalue weighted by Gasteiger charge is 2.25. The first-order valence-electron chi connectivity index (χ1n) is 10.1. The zero-order valence-electron chi connectivity index (χ0n) is 16.6. The van der Waals surface area contributed by atoms with E-state index in [-0.39, 0.29) is 6.42 Å². The number of aryl methyl sites for hydroxylation is 1. The van der Waals surface area contributed by atoms with Crippen molar-refractivity contribution in [1.82, 2.24) is 4.57 Å². The van der Waals surface area contributed by atoms with Crippen LogP contribution in [0, 0.1) is 0 Å². The Bertz CT molecular complexity index is 995. The van der Waals surface area contributed by atoms with E-state index in [1.165, 1.54) is 54.3 Å². The van der Waals surface area contributed by atoms with Crippen LogP contribution in [0.3, 0.4) is 0 Å². The summed E-state index contributed by atoms with van der Waals surface area (Å²) in [6, 6.07) is 14.4. The van der Waals surface area contributed by atoms with Gasteiger partial charge in [-0.05, 0) is 65.8 Å². The lowest BCUT2D eigenvalue weighted by Gasteiger charge is -2.23. The van der Waals surface area contributed by atoms with Crippen LogP contribution in [0.2, 0.25) is 0 Å². The quantitative estimate of drug-likeness (QED) is 0.636. The fraction of sp³-hybridized carbons (Fsp3) is 0.375. The second kappa shape index (κ2) is 7.70. The summed E-state index contributed by atoms with van der Waals surface area (Å²) in [6.45, 7) is 0. The van der Waals surface area contributed by atoms with E-state index in [0.29, 0.717) is 5.92 Å². The van der Waals surface area contributed by atoms with Gasteiger partial charge in [-0.1, -0.05) is 31.4 Å². The van der Waals surface area contributed by atoms with Gasteiger partial charge >= 0.3 is 5.97 Å². The highest BCUT2D eigenvalue weighted by molar-refractivity contribution is 5.93. The van der Waals surface area contributed by atoms with E-state index >= 15 is 0 Å². The second-order valence-electron chi connectivity index (χ2n) is 7.81. The third-order valence-electron chi connectivity index (χ3n) is 6.04. The molecule has 1 N–H and O–H groups in total. The molecule has 4 rings (SSSR count).